The van der Waals surface area contributed by atoms with Crippen molar-refractivity contribution in [1.29, 1.82) is 5.26 Å². The van der Waals surface area contributed by atoms with Crippen LogP contribution in [0.4, 0.5) is 9.18 Å². The molecule has 2 atom stereocenters. The van der Waals surface area contributed by atoms with Gasteiger partial charge in [0.2, 0.25) is 5.91 Å². The van der Waals surface area contributed by atoms with Gasteiger partial charge in [-0.3, -0.25) is 9.36 Å². The van der Waals surface area contributed by atoms with Crippen LogP contribution < -0.4 is 5.32 Å². The van der Waals surface area contributed by atoms with Crippen LogP contribution in [0.1, 0.15) is 30.3 Å². The lowest BCUT2D eigenvalue weighted by molar-refractivity contribution is 0.0896. The summed E-state index contributed by atoms with van der Waals surface area (Å²) in [6.45, 7) is 3.61. The number of nitrogens with zero attached hydrogens (tertiary/aromatic N) is 4. The second-order valence-corrected chi connectivity index (χ2v) is 7.84. The molecule has 2 heterocycles. The number of hydrogen-bond acceptors (Lipinski definition) is 4. The molecular weight excluding hydrogens is 337 g/mol. The molecule has 7 nitrogen and oxygen atoms in total. The van der Waals surface area contributed by atoms with Gasteiger partial charge < -0.3 is 15.1 Å². The van der Waals surface area contributed by atoms with Crippen LogP contribution >= 0.6 is 0 Å². The molecule has 1 N–H and O–H groups in total. The van der Waals surface area contributed by atoms with Crippen molar-refractivity contribution in [1.82, 2.24) is 19.7 Å². The van der Waals surface area contributed by atoms with Crippen molar-refractivity contribution in [3.63, 3.8) is 0 Å². The highest BCUT2D eigenvalue weighted by Gasteiger charge is 2.47. The van der Waals surface area contributed by atoms with Crippen molar-refractivity contribution in [3.05, 3.63) is 23.8 Å². The van der Waals surface area contributed by atoms with Crippen molar-refractivity contribution < 1.29 is 14.0 Å². The molecule has 2 aliphatic rings. The number of hydrogen-bond donors (Lipinski definition) is 1. The van der Waals surface area contributed by atoms with Crippen LogP contribution in [0.25, 0.3) is 0 Å². The van der Waals surface area contributed by atoms with Gasteiger partial charge >= 0.3 is 6.03 Å². The number of nitrogens with one attached hydrogen (secondary N) is 1. The maximum atomic E-state index is 13.3. The van der Waals surface area contributed by atoms with Crippen LogP contribution in [0.2, 0.25) is 0 Å². The first kappa shape index (κ1) is 18.4. The summed E-state index contributed by atoms with van der Waals surface area (Å²) in [6.07, 6.45) is 2.81. The van der Waals surface area contributed by atoms with Gasteiger partial charge in [0.15, 0.2) is 0 Å². The van der Waals surface area contributed by atoms with E-state index in [1.54, 1.807) is 19.0 Å². The Labute approximate surface area is 152 Å². The number of amides is 2. The zero-order valence-electron chi connectivity index (χ0n) is 15.3. The Bertz CT molecular complexity index is 752. The number of urea groups is 1. The molecule has 1 aliphatic heterocycles. The van der Waals surface area contributed by atoms with Gasteiger partial charge in [-0.1, -0.05) is 0 Å². The van der Waals surface area contributed by atoms with Gasteiger partial charge in [0, 0.05) is 45.0 Å². The van der Waals surface area contributed by atoms with E-state index in [2.05, 4.69) is 12.2 Å². The second kappa shape index (κ2) is 6.72. The quantitative estimate of drug-likeness (QED) is 0.885. The number of aromatic nitrogens is 1. The van der Waals surface area contributed by atoms with Crippen LogP contribution in [0.3, 0.4) is 0 Å². The van der Waals surface area contributed by atoms with Gasteiger partial charge in [0.05, 0.1) is 6.54 Å². The summed E-state index contributed by atoms with van der Waals surface area (Å²) in [5.41, 5.74) is -0.197. The molecule has 2 fully saturated rings. The SMILES string of the molecule is CN(C)C(=O)N1CC2CC(C)(NCC(=O)n3cc(F)cc3C#N)CC2C1. The summed E-state index contributed by atoms with van der Waals surface area (Å²) in [7, 11) is 3.51. The van der Waals surface area contributed by atoms with E-state index in [4.69, 9.17) is 5.26 Å². The third kappa shape index (κ3) is 3.44. The van der Waals surface area contributed by atoms with Gasteiger partial charge in [-0.15, -0.1) is 0 Å². The third-order valence-electron chi connectivity index (χ3n) is 5.49. The molecule has 26 heavy (non-hydrogen) atoms. The third-order valence-corrected chi connectivity index (χ3v) is 5.49. The van der Waals surface area contributed by atoms with E-state index in [-0.39, 0.29) is 29.7 Å². The first-order chi connectivity index (χ1) is 12.2. The Morgan fingerprint density at radius 3 is 2.54 bits per heavy atom. The number of rotatable bonds is 3. The molecule has 2 unspecified atom stereocenters. The monoisotopic (exact) mass is 361 g/mol. The van der Waals surface area contributed by atoms with E-state index in [0.717, 1.165) is 42.8 Å². The number of carbonyl (C=O) groups is 2. The van der Waals surface area contributed by atoms with Gasteiger partial charge in [-0.25, -0.2) is 9.18 Å². The molecule has 1 aromatic heterocycles. The van der Waals surface area contributed by atoms with Crippen LogP contribution in [-0.4, -0.2) is 65.6 Å². The van der Waals surface area contributed by atoms with E-state index in [0.29, 0.717) is 11.8 Å². The van der Waals surface area contributed by atoms with Crippen LogP contribution in [0.5, 0.6) is 0 Å². The summed E-state index contributed by atoms with van der Waals surface area (Å²) < 4.78 is 14.3. The van der Waals surface area contributed by atoms with Crippen molar-refractivity contribution in [2.75, 3.05) is 33.7 Å². The Balaban J connectivity index is 1.57. The molecule has 1 aromatic rings. The molecule has 1 saturated carbocycles. The first-order valence-electron chi connectivity index (χ1n) is 8.75. The van der Waals surface area contributed by atoms with E-state index < -0.39 is 5.82 Å². The molecule has 8 heteroatoms. The van der Waals surface area contributed by atoms with E-state index in [9.17, 15) is 14.0 Å². The lowest BCUT2D eigenvalue weighted by atomic mass is 9.98. The minimum atomic E-state index is -0.595. The molecule has 1 aliphatic carbocycles. The van der Waals surface area contributed by atoms with Gasteiger partial charge in [-0.2, -0.15) is 5.26 Å². The fraction of sp³-hybridized carbons (Fsp3) is 0.611. The Morgan fingerprint density at radius 1 is 1.38 bits per heavy atom. The average molecular weight is 361 g/mol. The van der Waals surface area contributed by atoms with Crippen molar-refractivity contribution in [2.45, 2.75) is 25.3 Å². The Kier molecular flexibility index (Phi) is 4.76. The molecule has 0 spiro atoms. The molecule has 2 amide bonds. The predicted octanol–water partition coefficient (Wildman–Crippen LogP) is 1.51. The normalized spacial score (nSPS) is 27.3. The summed E-state index contributed by atoms with van der Waals surface area (Å²) in [4.78, 5) is 27.9. The minimum absolute atomic E-state index is 0.000541. The number of likely N-dealkylation sites (tertiary alicyclic amines) is 1. The van der Waals surface area contributed by atoms with E-state index in [1.165, 1.54) is 0 Å². The minimum Gasteiger partial charge on any atom is -0.331 e. The average Bonchev–Trinajstić information content (AvgIpc) is 3.22. The number of halogens is 1. The number of nitriles is 1. The van der Waals surface area contributed by atoms with Gasteiger partial charge in [0.25, 0.3) is 0 Å². The lowest BCUT2D eigenvalue weighted by Gasteiger charge is -2.29. The van der Waals surface area contributed by atoms with Crippen LogP contribution in [0.15, 0.2) is 12.3 Å². The highest BCUT2D eigenvalue weighted by Crippen LogP contribution is 2.43. The standard InChI is InChI=1S/C18H24FN5O2/c1-18(21-8-16(25)24-11-14(19)4-15(24)7-20)5-12-9-23(10-13(12)6-18)17(26)22(2)3/h4,11-13,21H,5-6,8-10H2,1-3H3. The summed E-state index contributed by atoms with van der Waals surface area (Å²) in [5, 5.41) is 12.3. The smallest absolute Gasteiger partial charge is 0.319 e. The largest absolute Gasteiger partial charge is 0.331 e. The molecular formula is C18H24FN5O2. The molecule has 0 aromatic carbocycles. The Morgan fingerprint density at radius 2 is 2.00 bits per heavy atom. The van der Waals surface area contributed by atoms with Crippen LogP contribution in [0, 0.1) is 29.0 Å². The lowest BCUT2D eigenvalue weighted by Crippen LogP contribution is -2.46. The van der Waals surface area contributed by atoms with Gasteiger partial charge in [-0.05, 0) is 31.6 Å². The maximum Gasteiger partial charge on any atom is 0.319 e. The summed E-state index contributed by atoms with van der Waals surface area (Å²) in [5.74, 6) is -0.106. The first-order valence-corrected chi connectivity index (χ1v) is 8.75. The van der Waals surface area contributed by atoms with Crippen molar-refractivity contribution >= 4 is 11.9 Å². The fourth-order valence-corrected chi connectivity index (χ4v) is 4.32. The molecule has 0 bridgehead atoms. The molecule has 3 rings (SSSR count). The summed E-state index contributed by atoms with van der Waals surface area (Å²) in [6, 6.07) is 2.92. The predicted molar refractivity (Wildman–Crippen MR) is 93.0 cm³/mol. The van der Waals surface area contributed by atoms with Crippen LogP contribution in [-0.2, 0) is 0 Å². The van der Waals surface area contributed by atoms with Gasteiger partial charge in [0.1, 0.15) is 17.6 Å². The molecule has 140 valence electrons. The van der Waals surface area contributed by atoms with E-state index in [1.807, 2.05) is 11.0 Å². The van der Waals surface area contributed by atoms with Crippen molar-refractivity contribution in [3.8, 4) is 6.07 Å². The highest BCUT2D eigenvalue weighted by atomic mass is 19.1. The summed E-state index contributed by atoms with van der Waals surface area (Å²) >= 11 is 0. The zero-order valence-corrected chi connectivity index (χ0v) is 15.3. The van der Waals surface area contributed by atoms with Crippen molar-refractivity contribution in [2.24, 2.45) is 11.8 Å². The molecule has 1 saturated heterocycles. The number of fused-ring (bicyclic) bond motifs is 1. The van der Waals surface area contributed by atoms with E-state index >= 15 is 0 Å². The molecule has 0 radical (unpaired) electrons. The Hall–Kier alpha value is -2.40. The fourth-order valence-electron chi connectivity index (χ4n) is 4.32. The number of carbonyl (C=O) groups excluding carboxylic acids is 2. The highest BCUT2D eigenvalue weighted by molar-refractivity contribution is 5.82. The topological polar surface area (TPSA) is 81.4 Å². The zero-order chi connectivity index (χ0) is 19.1. The second-order valence-electron chi connectivity index (χ2n) is 7.84. The maximum absolute atomic E-state index is 13.3.